The minimum absolute atomic E-state index is 0.0260. The Hall–Kier alpha value is -5.80. The molecule has 3 aliphatic rings. The van der Waals surface area contributed by atoms with E-state index in [1.165, 1.54) is 106 Å². The van der Waals surface area contributed by atoms with Gasteiger partial charge >= 0.3 is 6.85 Å². The summed E-state index contributed by atoms with van der Waals surface area (Å²) in [4.78, 5) is 5.43. The van der Waals surface area contributed by atoms with E-state index in [1.54, 1.807) is 0 Å². The number of rotatable bonds is 3. The van der Waals surface area contributed by atoms with E-state index in [9.17, 15) is 0 Å². The van der Waals surface area contributed by atoms with Crippen molar-refractivity contribution in [2.24, 2.45) is 0 Å². The average Bonchev–Trinajstić information content (AvgIpc) is 3.48. The van der Waals surface area contributed by atoms with Gasteiger partial charge in [0.15, 0.2) is 0 Å². The first-order valence-electron chi connectivity index (χ1n) is 23.6. The summed E-state index contributed by atoms with van der Waals surface area (Å²) in [5, 5.41) is 0. The van der Waals surface area contributed by atoms with Crippen molar-refractivity contribution in [3.05, 3.63) is 173 Å². The largest absolute Gasteiger partial charge is 0.376 e. The zero-order valence-corrected chi connectivity index (χ0v) is 40.8. The molecule has 0 spiro atoms. The van der Waals surface area contributed by atoms with Crippen LogP contribution in [0.2, 0.25) is 0 Å². The van der Waals surface area contributed by atoms with E-state index >= 15 is 0 Å². The second kappa shape index (κ2) is 14.1. The van der Waals surface area contributed by atoms with Crippen LogP contribution in [-0.2, 0) is 27.1 Å². The smallest absolute Gasteiger partial charge is 0.333 e. The van der Waals surface area contributed by atoms with E-state index in [0.29, 0.717) is 0 Å². The molecule has 0 N–H and O–H groups in total. The lowest BCUT2D eigenvalue weighted by Crippen LogP contribution is -2.62. The van der Waals surface area contributed by atoms with E-state index < -0.39 is 0 Å². The molecule has 0 fully saturated rings. The van der Waals surface area contributed by atoms with Crippen molar-refractivity contribution < 1.29 is 0 Å². The Morgan fingerprint density at radius 1 is 0.422 bits per heavy atom. The summed E-state index contributed by atoms with van der Waals surface area (Å²) < 4.78 is 0. The second-order valence-corrected chi connectivity index (χ2v) is 23.5. The van der Waals surface area contributed by atoms with Gasteiger partial charge in [0.1, 0.15) is 0 Å². The Labute approximate surface area is 384 Å². The van der Waals surface area contributed by atoms with Crippen molar-refractivity contribution in [3.8, 4) is 33.4 Å². The maximum absolute atomic E-state index is 2.72. The van der Waals surface area contributed by atoms with Crippen LogP contribution >= 0.6 is 0 Å². The molecule has 3 heteroatoms. The third-order valence-corrected chi connectivity index (χ3v) is 14.7. The highest BCUT2D eigenvalue weighted by Crippen LogP contribution is 2.57. The molecule has 2 heterocycles. The van der Waals surface area contributed by atoms with E-state index in [4.69, 9.17) is 0 Å². The Balaban J connectivity index is 1.39. The molecule has 0 saturated heterocycles. The van der Waals surface area contributed by atoms with Crippen LogP contribution in [0.15, 0.2) is 140 Å². The molecule has 0 saturated carbocycles. The van der Waals surface area contributed by atoms with E-state index in [1.807, 2.05) is 0 Å². The first-order chi connectivity index (χ1) is 30.0. The first-order valence-corrected chi connectivity index (χ1v) is 23.6. The van der Waals surface area contributed by atoms with Crippen LogP contribution in [0.25, 0.3) is 33.4 Å². The predicted molar refractivity (Wildman–Crippen MR) is 278 cm³/mol. The van der Waals surface area contributed by atoms with Crippen LogP contribution in [0, 0.1) is 0 Å². The minimum atomic E-state index is -0.263. The van der Waals surface area contributed by atoms with Crippen LogP contribution in [-0.4, -0.2) is 6.85 Å². The predicted octanol–water partition coefficient (Wildman–Crippen LogP) is 15.6. The molecule has 322 valence electrons. The number of nitrogens with zero attached hydrogens (tertiary/aromatic N) is 2. The highest BCUT2D eigenvalue weighted by molar-refractivity contribution is 6.93. The standard InChI is InChI=1S/C61H65BN2/c1-57(2,3)39-24-28-43(29-25-39)64-52-36-41(59(7,8)9)26-30-45(52)48-35-42(60(10,11)12)37-53-55(48)62(64)50-32-31-46-44-22-18-19-23-49(44)61(13,14)54(46)56(50)63(53)51-33-27-40(58(4,5)6)34-47(51)38-20-16-15-17-21-38/h15-37H,1-14H3. The van der Waals surface area contributed by atoms with Gasteiger partial charge < -0.3 is 9.71 Å². The van der Waals surface area contributed by atoms with Crippen molar-refractivity contribution in [2.75, 3.05) is 9.71 Å². The van der Waals surface area contributed by atoms with Gasteiger partial charge in [-0.25, -0.2) is 0 Å². The Morgan fingerprint density at radius 3 is 1.62 bits per heavy atom. The molecule has 10 rings (SSSR count). The van der Waals surface area contributed by atoms with Gasteiger partial charge in [-0.05, 0) is 125 Å². The molecule has 7 aromatic carbocycles. The number of benzene rings is 7. The quantitative estimate of drug-likeness (QED) is 0.164. The molecule has 0 bridgehead atoms. The van der Waals surface area contributed by atoms with Crippen molar-refractivity contribution in [1.82, 2.24) is 0 Å². The molecule has 64 heavy (non-hydrogen) atoms. The fourth-order valence-electron chi connectivity index (χ4n) is 10.9. The summed E-state index contributed by atoms with van der Waals surface area (Å²) in [5.74, 6) is 0. The topological polar surface area (TPSA) is 6.48 Å². The zero-order chi connectivity index (χ0) is 45.5. The average molecular weight is 837 g/mol. The molecule has 0 radical (unpaired) electrons. The molecule has 0 amide bonds. The lowest BCUT2D eigenvalue weighted by molar-refractivity contribution is 0.589. The Kier molecular flexibility index (Phi) is 9.29. The van der Waals surface area contributed by atoms with Crippen LogP contribution in [0.3, 0.4) is 0 Å². The van der Waals surface area contributed by atoms with E-state index in [-0.39, 0.29) is 33.9 Å². The van der Waals surface area contributed by atoms with Gasteiger partial charge in [-0.3, -0.25) is 0 Å². The molecule has 0 unspecified atom stereocenters. The van der Waals surface area contributed by atoms with E-state index in [2.05, 4.69) is 246 Å². The maximum atomic E-state index is 2.72. The summed E-state index contributed by atoms with van der Waals surface area (Å²) in [6.07, 6.45) is 0. The number of hydrogen-bond acceptors (Lipinski definition) is 2. The summed E-state index contributed by atoms with van der Waals surface area (Å²) in [6.45, 7) is 32.9. The molecular formula is C61H65BN2. The first kappa shape index (κ1) is 42.2. The minimum Gasteiger partial charge on any atom is -0.376 e. The van der Waals surface area contributed by atoms with Crippen LogP contribution in [0.1, 0.15) is 130 Å². The summed E-state index contributed by atoms with van der Waals surface area (Å²) >= 11 is 0. The summed E-state index contributed by atoms with van der Waals surface area (Å²) in [5.41, 5.74) is 24.5. The Bertz CT molecular complexity index is 3000. The van der Waals surface area contributed by atoms with Crippen molar-refractivity contribution in [1.29, 1.82) is 0 Å². The second-order valence-electron chi connectivity index (χ2n) is 23.5. The van der Waals surface area contributed by atoms with Crippen molar-refractivity contribution in [2.45, 2.75) is 124 Å². The summed E-state index contributed by atoms with van der Waals surface area (Å²) in [7, 11) is 0. The number of fused-ring (bicyclic) bond motifs is 8. The van der Waals surface area contributed by atoms with Gasteiger partial charge in [-0.15, -0.1) is 0 Å². The molecule has 0 atom stereocenters. The zero-order valence-electron chi connectivity index (χ0n) is 40.8. The van der Waals surface area contributed by atoms with Crippen LogP contribution < -0.4 is 20.6 Å². The van der Waals surface area contributed by atoms with Crippen molar-refractivity contribution in [3.63, 3.8) is 0 Å². The summed E-state index contributed by atoms with van der Waals surface area (Å²) in [6, 6.07) is 54.4. The molecule has 2 aliphatic heterocycles. The van der Waals surface area contributed by atoms with Crippen molar-refractivity contribution >= 4 is 46.2 Å². The fraction of sp³-hybridized carbons (Fsp3) is 0.311. The van der Waals surface area contributed by atoms with E-state index in [0.717, 1.165) is 0 Å². The number of hydrogen-bond donors (Lipinski definition) is 0. The highest BCUT2D eigenvalue weighted by atomic mass is 15.2. The molecule has 2 nitrogen and oxygen atoms in total. The SMILES string of the molecule is CC(C)(C)c1ccc(N2B3c4ccc5c(c4N(c4ccc(C(C)(C)C)cc4-c4ccccc4)c4cc(C(C)(C)C)cc(c43)-c3ccc(C(C)(C)C)cc32)C(C)(C)c2ccccc2-5)cc1. The third-order valence-electron chi connectivity index (χ3n) is 14.7. The van der Waals surface area contributed by atoms with Gasteiger partial charge in [0.05, 0.1) is 5.69 Å². The van der Waals surface area contributed by atoms with Gasteiger partial charge in [0, 0.05) is 39.3 Å². The molecule has 0 aromatic heterocycles. The van der Waals surface area contributed by atoms with Gasteiger partial charge in [-0.2, -0.15) is 0 Å². The molecular weight excluding hydrogens is 771 g/mol. The Morgan fingerprint density at radius 2 is 0.969 bits per heavy atom. The fourth-order valence-corrected chi connectivity index (χ4v) is 10.9. The highest BCUT2D eigenvalue weighted by Gasteiger charge is 2.50. The van der Waals surface area contributed by atoms with Gasteiger partial charge in [-0.1, -0.05) is 200 Å². The monoisotopic (exact) mass is 837 g/mol. The lowest BCUT2D eigenvalue weighted by atomic mass is 9.42. The van der Waals surface area contributed by atoms with Gasteiger partial charge in [0.2, 0.25) is 0 Å². The molecule has 1 aliphatic carbocycles. The maximum Gasteiger partial charge on any atom is 0.333 e. The third kappa shape index (κ3) is 6.51. The van der Waals surface area contributed by atoms with Gasteiger partial charge in [0.25, 0.3) is 0 Å². The van der Waals surface area contributed by atoms with Crippen LogP contribution in [0.5, 0.6) is 0 Å². The lowest BCUT2D eigenvalue weighted by Gasteiger charge is -2.48. The normalized spacial score (nSPS) is 15.1. The van der Waals surface area contributed by atoms with Crippen LogP contribution in [0.4, 0.5) is 28.4 Å². The molecule has 7 aromatic rings. The number of anilines is 5.